The minimum atomic E-state index is -5.60. The van der Waals surface area contributed by atoms with Crippen molar-refractivity contribution >= 4 is 15.8 Å². The van der Waals surface area contributed by atoms with E-state index in [9.17, 15) is 26.7 Å². The number of aliphatic imine (C=N–C) groups is 1. The largest absolute Gasteiger partial charge is 0.440 e. The molecule has 1 rings (SSSR count). The Morgan fingerprint density at radius 3 is 2.14 bits per heavy atom. The summed E-state index contributed by atoms with van der Waals surface area (Å²) in [5.74, 6) is -1.22. The van der Waals surface area contributed by atoms with E-state index < -0.39 is 37.8 Å². The molecule has 22 heavy (non-hydrogen) atoms. The first kappa shape index (κ1) is 17.7. The summed E-state index contributed by atoms with van der Waals surface area (Å²) in [6, 6.07) is 6.79. The fourth-order valence-corrected chi connectivity index (χ4v) is 3.16. The van der Waals surface area contributed by atoms with Crippen LogP contribution in [-0.2, 0) is 9.84 Å². The van der Waals surface area contributed by atoms with Gasteiger partial charge < -0.3 is 16.6 Å². The number of halogens is 3. The van der Waals surface area contributed by atoms with Crippen molar-refractivity contribution in [2.24, 2.45) is 16.5 Å². The summed E-state index contributed by atoms with van der Waals surface area (Å²) in [6.45, 7) is 0. The van der Waals surface area contributed by atoms with Gasteiger partial charge in [-0.3, -0.25) is 0 Å². The minimum Gasteiger partial charge on any atom is -0.370 e. The number of nitrogens with zero attached hydrogens (tertiary/aromatic N) is 2. The van der Waals surface area contributed by atoms with Crippen LogP contribution in [0.5, 0.6) is 0 Å². The van der Waals surface area contributed by atoms with Gasteiger partial charge in [0.15, 0.2) is 15.8 Å². The van der Waals surface area contributed by atoms with Crippen LogP contribution < -0.4 is 11.5 Å². The second-order valence-electron chi connectivity index (χ2n) is 4.13. The molecular formula is C11H11F3N4O3S. The molecule has 11 heteroatoms. The van der Waals surface area contributed by atoms with Crippen LogP contribution in [0.25, 0.3) is 0 Å². The zero-order chi connectivity index (χ0) is 17.2. The highest BCUT2D eigenvalue weighted by Gasteiger charge is 2.64. The van der Waals surface area contributed by atoms with E-state index in [0.29, 0.717) is 0 Å². The standard InChI is InChI=1S/C11H11F3N4O3S/c12-11(13,14)10(19,18-9(16)17)8(6-15)22(20,21)7-4-2-1-3-5-7/h1-5,8,19H,(H4,16,17,18). The average Bonchev–Trinajstić information content (AvgIpc) is 2.38. The normalized spacial score (nSPS) is 16.1. The van der Waals surface area contributed by atoms with Crippen LogP contribution in [0.15, 0.2) is 40.2 Å². The van der Waals surface area contributed by atoms with Crippen molar-refractivity contribution in [1.29, 1.82) is 5.26 Å². The Hall–Kier alpha value is -2.32. The van der Waals surface area contributed by atoms with Crippen molar-refractivity contribution in [2.75, 3.05) is 0 Å². The van der Waals surface area contributed by atoms with Crippen LogP contribution in [0, 0.1) is 11.3 Å². The van der Waals surface area contributed by atoms with Crippen LogP contribution in [0.2, 0.25) is 0 Å². The van der Waals surface area contributed by atoms with Gasteiger partial charge in [0.1, 0.15) is 0 Å². The molecule has 0 spiro atoms. The maximum atomic E-state index is 13.1. The Bertz CT molecular complexity index is 708. The average molecular weight is 336 g/mol. The Kier molecular flexibility index (Phi) is 4.69. The summed E-state index contributed by atoms with van der Waals surface area (Å²) < 4.78 is 63.6. The molecule has 0 fully saturated rings. The molecule has 1 aromatic rings. The number of sulfone groups is 1. The van der Waals surface area contributed by atoms with Gasteiger partial charge in [0.05, 0.1) is 11.0 Å². The molecule has 0 amide bonds. The van der Waals surface area contributed by atoms with E-state index in [4.69, 9.17) is 16.7 Å². The molecule has 0 heterocycles. The van der Waals surface area contributed by atoms with Crippen LogP contribution in [0.3, 0.4) is 0 Å². The lowest BCUT2D eigenvalue weighted by Gasteiger charge is -2.30. The zero-order valence-corrected chi connectivity index (χ0v) is 11.6. The molecule has 0 saturated heterocycles. The SMILES string of the molecule is N#CC(C(O)(N=C(N)N)C(F)(F)F)S(=O)(=O)c1ccccc1. The quantitative estimate of drug-likeness (QED) is 0.516. The molecular weight excluding hydrogens is 325 g/mol. The number of hydrogen-bond acceptors (Lipinski definition) is 5. The third kappa shape index (κ3) is 3.12. The van der Waals surface area contributed by atoms with E-state index in [0.717, 1.165) is 18.2 Å². The maximum Gasteiger partial charge on any atom is 0.440 e. The van der Waals surface area contributed by atoms with Crippen molar-refractivity contribution < 1.29 is 26.7 Å². The number of nitrogens with two attached hydrogens (primary N) is 2. The van der Waals surface area contributed by atoms with Gasteiger partial charge in [-0.15, -0.1) is 0 Å². The number of guanidine groups is 1. The summed E-state index contributed by atoms with van der Waals surface area (Å²) in [5.41, 5.74) is 5.33. The van der Waals surface area contributed by atoms with Crippen molar-refractivity contribution in [3.05, 3.63) is 30.3 Å². The molecule has 2 unspecified atom stereocenters. The van der Waals surface area contributed by atoms with Crippen LogP contribution in [0.1, 0.15) is 0 Å². The highest BCUT2D eigenvalue weighted by Crippen LogP contribution is 2.38. The number of aliphatic hydroxyl groups is 1. The zero-order valence-electron chi connectivity index (χ0n) is 10.8. The summed E-state index contributed by atoms with van der Waals surface area (Å²) in [4.78, 5) is 1.96. The van der Waals surface area contributed by atoms with E-state index in [1.54, 1.807) is 0 Å². The van der Waals surface area contributed by atoms with Gasteiger partial charge in [0.25, 0.3) is 5.72 Å². The first-order valence-corrected chi connectivity index (χ1v) is 7.10. The van der Waals surface area contributed by atoms with Gasteiger partial charge in [-0.2, -0.15) is 18.4 Å². The fraction of sp³-hybridized carbons (Fsp3) is 0.273. The van der Waals surface area contributed by atoms with Gasteiger partial charge >= 0.3 is 6.18 Å². The molecule has 0 radical (unpaired) electrons. The summed E-state index contributed by atoms with van der Waals surface area (Å²) >= 11 is 0. The molecule has 1 aromatic carbocycles. The predicted octanol–water partition coefficient (Wildman–Crippen LogP) is -0.123. The molecule has 0 saturated carbocycles. The highest BCUT2D eigenvalue weighted by atomic mass is 32.2. The first-order valence-electron chi connectivity index (χ1n) is 5.55. The molecule has 2 atom stereocenters. The Balaban J connectivity index is 3.59. The molecule has 0 aromatic heterocycles. The molecule has 0 aliphatic carbocycles. The van der Waals surface area contributed by atoms with E-state index in [1.165, 1.54) is 18.2 Å². The number of benzene rings is 1. The second-order valence-corrected chi connectivity index (χ2v) is 6.16. The monoisotopic (exact) mass is 336 g/mol. The highest BCUT2D eigenvalue weighted by molar-refractivity contribution is 7.92. The van der Waals surface area contributed by atoms with Crippen molar-refractivity contribution in [1.82, 2.24) is 0 Å². The lowest BCUT2D eigenvalue weighted by Crippen LogP contribution is -2.57. The Morgan fingerprint density at radius 2 is 1.77 bits per heavy atom. The van der Waals surface area contributed by atoms with Gasteiger partial charge in [0, 0.05) is 0 Å². The van der Waals surface area contributed by atoms with Gasteiger partial charge in [0.2, 0.25) is 5.25 Å². The Labute approximate surface area is 123 Å². The molecule has 0 aliphatic heterocycles. The van der Waals surface area contributed by atoms with Crippen molar-refractivity contribution in [3.63, 3.8) is 0 Å². The van der Waals surface area contributed by atoms with Crippen LogP contribution in [0.4, 0.5) is 13.2 Å². The van der Waals surface area contributed by atoms with E-state index >= 15 is 0 Å². The third-order valence-electron chi connectivity index (χ3n) is 2.58. The van der Waals surface area contributed by atoms with E-state index in [1.807, 2.05) is 0 Å². The van der Waals surface area contributed by atoms with E-state index in [-0.39, 0.29) is 0 Å². The molecule has 120 valence electrons. The predicted molar refractivity (Wildman–Crippen MR) is 69.8 cm³/mol. The second kappa shape index (κ2) is 5.82. The maximum absolute atomic E-state index is 13.1. The molecule has 0 aliphatic rings. The van der Waals surface area contributed by atoms with Crippen molar-refractivity contribution in [3.8, 4) is 6.07 Å². The van der Waals surface area contributed by atoms with Gasteiger partial charge in [-0.1, -0.05) is 18.2 Å². The number of alkyl halides is 3. The topological polar surface area (TPSA) is 143 Å². The minimum absolute atomic E-state index is 0.588. The molecule has 0 bridgehead atoms. The number of hydrogen-bond donors (Lipinski definition) is 3. The summed E-state index contributed by atoms with van der Waals surface area (Å²) in [6.07, 6.45) is -5.60. The van der Waals surface area contributed by atoms with Gasteiger partial charge in [-0.05, 0) is 12.1 Å². The Morgan fingerprint density at radius 1 is 1.27 bits per heavy atom. The van der Waals surface area contributed by atoms with Crippen LogP contribution >= 0.6 is 0 Å². The fourth-order valence-electron chi connectivity index (χ4n) is 1.59. The molecule has 7 nitrogen and oxygen atoms in total. The smallest absolute Gasteiger partial charge is 0.370 e. The number of nitriles is 1. The first-order chi connectivity index (χ1) is 9.96. The lowest BCUT2D eigenvalue weighted by atomic mass is 10.1. The summed E-state index contributed by atoms with van der Waals surface area (Å²) in [7, 11) is -4.89. The van der Waals surface area contributed by atoms with E-state index in [2.05, 4.69) is 4.99 Å². The van der Waals surface area contributed by atoms with Crippen LogP contribution in [-0.4, -0.2) is 36.6 Å². The third-order valence-corrected chi connectivity index (χ3v) is 4.57. The van der Waals surface area contributed by atoms with Crippen molar-refractivity contribution in [2.45, 2.75) is 22.0 Å². The number of rotatable bonds is 4. The summed E-state index contributed by atoms with van der Waals surface area (Å²) in [5, 5.41) is 15.6. The lowest BCUT2D eigenvalue weighted by molar-refractivity contribution is -0.253. The molecule has 5 N–H and O–H groups in total. The van der Waals surface area contributed by atoms with Gasteiger partial charge in [-0.25, -0.2) is 13.4 Å².